The second-order valence-electron chi connectivity index (χ2n) is 10.7. The van der Waals surface area contributed by atoms with Gasteiger partial charge in [0.15, 0.2) is 0 Å². The number of amides is 1. The van der Waals surface area contributed by atoms with E-state index in [2.05, 4.69) is 38.3 Å². The van der Waals surface area contributed by atoms with Gasteiger partial charge in [0.25, 0.3) is 0 Å². The Morgan fingerprint density at radius 2 is 1.80 bits per heavy atom. The van der Waals surface area contributed by atoms with Crippen LogP contribution in [-0.4, -0.2) is 41.9 Å². The van der Waals surface area contributed by atoms with Crippen molar-refractivity contribution in [2.24, 2.45) is 23.2 Å². The van der Waals surface area contributed by atoms with Gasteiger partial charge >= 0.3 is 0 Å². The number of hydrogen-bond acceptors (Lipinski definition) is 3. The van der Waals surface area contributed by atoms with E-state index >= 15 is 0 Å². The van der Waals surface area contributed by atoms with Crippen LogP contribution in [0.15, 0.2) is 24.3 Å². The van der Waals surface area contributed by atoms with Gasteiger partial charge in [-0.15, -0.1) is 0 Å². The fraction of sp³-hybridized carbons (Fsp3) is 0.720. The molecule has 0 radical (unpaired) electrons. The maximum atomic E-state index is 13.3. The molecule has 2 atom stereocenters. The molecule has 1 aliphatic heterocycles. The third-order valence-corrected chi connectivity index (χ3v) is 9.22. The number of nitrogens with one attached hydrogen (secondary N) is 1. The van der Waals surface area contributed by atoms with Crippen LogP contribution in [0.2, 0.25) is 0 Å². The minimum Gasteiger partial charge on any atom is -0.497 e. The Kier molecular flexibility index (Phi) is 5.64. The first-order chi connectivity index (χ1) is 14.5. The van der Waals surface area contributed by atoms with Crippen LogP contribution in [0.1, 0.15) is 56.9 Å². The summed E-state index contributed by atoms with van der Waals surface area (Å²) in [6, 6.07) is 8.40. The quantitative estimate of drug-likeness (QED) is 0.604. The molecule has 0 spiro atoms. The summed E-state index contributed by atoms with van der Waals surface area (Å²) in [7, 11) is 1.71. The SMILES string of the molecule is COc1ccc(CN2CCC(CNC(=O)C34CC5CC(CC(Br)(C5)C3)C4)CC2)cc1. The van der Waals surface area contributed by atoms with E-state index in [4.69, 9.17) is 4.74 Å². The number of hydrogen-bond donors (Lipinski definition) is 1. The summed E-state index contributed by atoms with van der Waals surface area (Å²) in [6.45, 7) is 4.10. The lowest BCUT2D eigenvalue weighted by atomic mass is 9.49. The number of halogens is 1. The minimum atomic E-state index is -0.0807. The summed E-state index contributed by atoms with van der Waals surface area (Å²) < 4.78 is 5.50. The molecular weight excluding hydrogens is 440 g/mol. The lowest BCUT2D eigenvalue weighted by molar-refractivity contribution is -0.144. The van der Waals surface area contributed by atoms with Crippen molar-refractivity contribution in [1.82, 2.24) is 10.2 Å². The van der Waals surface area contributed by atoms with Gasteiger partial charge in [-0.1, -0.05) is 28.1 Å². The van der Waals surface area contributed by atoms with Crippen molar-refractivity contribution in [3.8, 4) is 5.75 Å². The van der Waals surface area contributed by atoms with Crippen molar-refractivity contribution >= 4 is 21.8 Å². The average Bonchev–Trinajstić information content (AvgIpc) is 2.72. The van der Waals surface area contributed by atoms with E-state index < -0.39 is 0 Å². The first-order valence-electron chi connectivity index (χ1n) is 11.8. The number of likely N-dealkylation sites (tertiary alicyclic amines) is 1. The van der Waals surface area contributed by atoms with Gasteiger partial charge in [0.05, 0.1) is 12.5 Å². The lowest BCUT2D eigenvalue weighted by Gasteiger charge is -2.59. The summed E-state index contributed by atoms with van der Waals surface area (Å²) in [5.41, 5.74) is 1.26. The predicted octanol–water partition coefficient (Wildman–Crippen LogP) is 4.76. The van der Waals surface area contributed by atoms with Crippen LogP contribution in [0, 0.1) is 23.2 Å². The van der Waals surface area contributed by atoms with Crippen LogP contribution in [-0.2, 0) is 11.3 Å². The van der Waals surface area contributed by atoms with Crippen LogP contribution in [0.4, 0.5) is 0 Å². The van der Waals surface area contributed by atoms with Gasteiger partial charge in [-0.3, -0.25) is 9.69 Å². The number of rotatable bonds is 6. The minimum absolute atomic E-state index is 0.0807. The summed E-state index contributed by atoms with van der Waals surface area (Å²) >= 11 is 4.04. The third kappa shape index (κ3) is 4.17. The van der Waals surface area contributed by atoms with E-state index in [1.165, 1.54) is 37.7 Å². The molecule has 4 saturated carbocycles. The van der Waals surface area contributed by atoms with E-state index in [0.717, 1.165) is 63.0 Å². The molecule has 0 aromatic heterocycles. The van der Waals surface area contributed by atoms with Crippen molar-refractivity contribution in [2.75, 3.05) is 26.7 Å². The standard InChI is InChI=1S/C25H35BrN2O2/c1-30-22-4-2-19(3-5-22)16-28-8-6-18(7-9-28)15-27-23(29)24-11-20-10-21(12-24)14-25(26,13-20)17-24/h2-5,18,20-21H,6-17H2,1H3,(H,27,29). The average molecular weight is 475 g/mol. The molecule has 4 nitrogen and oxygen atoms in total. The molecule has 4 bridgehead atoms. The molecule has 30 heavy (non-hydrogen) atoms. The summed E-state index contributed by atoms with van der Waals surface area (Å²) in [5, 5.41) is 3.41. The highest BCUT2D eigenvalue weighted by molar-refractivity contribution is 9.10. The third-order valence-electron chi connectivity index (χ3n) is 8.30. The first kappa shape index (κ1) is 20.8. The molecule has 1 amide bonds. The zero-order valence-corrected chi connectivity index (χ0v) is 19.8. The van der Waals surface area contributed by atoms with Crippen molar-refractivity contribution in [3.63, 3.8) is 0 Å². The highest BCUT2D eigenvalue weighted by atomic mass is 79.9. The molecule has 5 fully saturated rings. The fourth-order valence-corrected chi connectivity index (χ4v) is 8.63. The molecule has 4 aliphatic carbocycles. The molecule has 1 heterocycles. The van der Waals surface area contributed by atoms with Crippen molar-refractivity contribution in [2.45, 2.75) is 62.2 Å². The molecule has 1 N–H and O–H groups in total. The fourth-order valence-electron chi connectivity index (χ4n) is 7.18. The summed E-state index contributed by atoms with van der Waals surface area (Å²) in [6.07, 6.45) is 9.59. The number of benzene rings is 1. The molecule has 2 unspecified atom stereocenters. The molecule has 1 saturated heterocycles. The largest absolute Gasteiger partial charge is 0.497 e. The monoisotopic (exact) mass is 474 g/mol. The highest BCUT2D eigenvalue weighted by Gasteiger charge is 2.59. The number of alkyl halides is 1. The second kappa shape index (κ2) is 8.12. The number of ether oxygens (including phenoxy) is 1. The van der Waals surface area contributed by atoms with E-state index in [0.29, 0.717) is 11.8 Å². The Bertz CT molecular complexity index is 758. The van der Waals surface area contributed by atoms with E-state index in [9.17, 15) is 4.79 Å². The highest BCUT2D eigenvalue weighted by Crippen LogP contribution is 2.64. The molecule has 5 aliphatic rings. The Hall–Kier alpha value is -1.07. The van der Waals surface area contributed by atoms with Gasteiger partial charge in [-0.2, -0.15) is 0 Å². The molecule has 1 aromatic rings. The van der Waals surface area contributed by atoms with Gasteiger partial charge in [0, 0.05) is 17.4 Å². The topological polar surface area (TPSA) is 41.6 Å². The van der Waals surface area contributed by atoms with Crippen molar-refractivity contribution in [3.05, 3.63) is 29.8 Å². The van der Waals surface area contributed by atoms with Crippen LogP contribution >= 0.6 is 15.9 Å². The number of methoxy groups -OCH3 is 1. The number of piperidine rings is 1. The van der Waals surface area contributed by atoms with E-state index in [1.807, 2.05) is 12.1 Å². The second-order valence-corrected chi connectivity index (χ2v) is 12.4. The smallest absolute Gasteiger partial charge is 0.226 e. The number of nitrogens with zero attached hydrogens (tertiary/aromatic N) is 1. The Labute approximate surface area is 189 Å². The number of carbonyl (C=O) groups excluding carboxylic acids is 1. The summed E-state index contributed by atoms with van der Waals surface area (Å²) in [5.74, 6) is 3.42. The number of carbonyl (C=O) groups is 1. The van der Waals surface area contributed by atoms with E-state index in [1.54, 1.807) is 7.11 Å². The molecular formula is C25H35BrN2O2. The van der Waals surface area contributed by atoms with Gasteiger partial charge < -0.3 is 10.1 Å². The Morgan fingerprint density at radius 3 is 2.40 bits per heavy atom. The van der Waals surface area contributed by atoms with Crippen molar-refractivity contribution < 1.29 is 9.53 Å². The first-order valence-corrected chi connectivity index (χ1v) is 12.6. The maximum absolute atomic E-state index is 13.3. The molecule has 5 heteroatoms. The van der Waals surface area contributed by atoms with Gasteiger partial charge in [-0.05, 0) is 99.9 Å². The molecule has 1 aromatic carbocycles. The predicted molar refractivity (Wildman–Crippen MR) is 123 cm³/mol. The Morgan fingerprint density at radius 1 is 1.13 bits per heavy atom. The van der Waals surface area contributed by atoms with Crippen LogP contribution in [0.3, 0.4) is 0 Å². The van der Waals surface area contributed by atoms with E-state index in [-0.39, 0.29) is 9.74 Å². The Balaban J connectivity index is 1.09. The maximum Gasteiger partial charge on any atom is 0.226 e. The van der Waals surface area contributed by atoms with Crippen LogP contribution < -0.4 is 10.1 Å². The van der Waals surface area contributed by atoms with Crippen LogP contribution in [0.5, 0.6) is 5.75 Å². The zero-order valence-electron chi connectivity index (χ0n) is 18.2. The molecule has 164 valence electrons. The van der Waals surface area contributed by atoms with Crippen molar-refractivity contribution in [1.29, 1.82) is 0 Å². The normalized spacial score (nSPS) is 36.1. The van der Waals surface area contributed by atoms with Gasteiger partial charge in [-0.25, -0.2) is 0 Å². The molecule has 6 rings (SSSR count). The zero-order chi connectivity index (χ0) is 20.8. The van der Waals surface area contributed by atoms with Gasteiger partial charge in [0.2, 0.25) is 5.91 Å². The summed E-state index contributed by atoms with van der Waals surface area (Å²) in [4.78, 5) is 15.8. The van der Waals surface area contributed by atoms with Gasteiger partial charge in [0.1, 0.15) is 5.75 Å². The van der Waals surface area contributed by atoms with Crippen LogP contribution in [0.25, 0.3) is 0 Å². The lowest BCUT2D eigenvalue weighted by Crippen LogP contribution is -2.58.